The highest BCUT2D eigenvalue weighted by Gasteiger charge is 2.34. The first-order valence-electron chi connectivity index (χ1n) is 13.4. The van der Waals surface area contributed by atoms with E-state index in [9.17, 15) is 18.0 Å². The van der Waals surface area contributed by atoms with Gasteiger partial charge in [-0.2, -0.15) is 0 Å². The van der Waals surface area contributed by atoms with Gasteiger partial charge in [-0.3, -0.25) is 13.9 Å². The fraction of sp³-hybridized carbons (Fsp3) is 0.355. The number of nitrogens with zero attached hydrogens (tertiary/aromatic N) is 2. The fourth-order valence-electron chi connectivity index (χ4n) is 4.39. The number of amides is 2. The Hall–Kier alpha value is -4.05. The van der Waals surface area contributed by atoms with Crippen LogP contribution in [0.5, 0.6) is 11.5 Å². The van der Waals surface area contributed by atoms with Gasteiger partial charge in [-0.25, -0.2) is 8.42 Å². The van der Waals surface area contributed by atoms with E-state index < -0.39 is 28.5 Å². The van der Waals surface area contributed by atoms with Gasteiger partial charge >= 0.3 is 0 Å². The van der Waals surface area contributed by atoms with Crippen LogP contribution in [0, 0.1) is 0 Å². The summed E-state index contributed by atoms with van der Waals surface area (Å²) in [6.45, 7) is 3.41. The smallest absolute Gasteiger partial charge is 0.244 e. The minimum absolute atomic E-state index is 0.0605. The average Bonchev–Trinajstić information content (AvgIpc) is 2.97. The molecule has 0 unspecified atom stereocenters. The Balaban J connectivity index is 2.09. The van der Waals surface area contributed by atoms with Crippen molar-refractivity contribution in [3.8, 4) is 11.5 Å². The lowest BCUT2D eigenvalue weighted by atomic mass is 10.0. The van der Waals surface area contributed by atoms with Crippen molar-refractivity contribution in [3.63, 3.8) is 0 Å². The summed E-state index contributed by atoms with van der Waals surface area (Å²) in [5.74, 6) is 0.0535. The van der Waals surface area contributed by atoms with E-state index in [1.165, 1.54) is 12.0 Å². The van der Waals surface area contributed by atoms with E-state index in [0.29, 0.717) is 17.9 Å². The Morgan fingerprint density at radius 2 is 1.56 bits per heavy atom. The number of anilines is 1. The number of sulfonamides is 1. The molecule has 2 atom stereocenters. The van der Waals surface area contributed by atoms with Gasteiger partial charge in [0.25, 0.3) is 0 Å². The standard InChI is InChI=1S/C31H39N3O6S/c1-6-23(2)32-31(36)28(20-24-13-8-7-9-14-24)33(21-25-15-12-16-26(19-25)39-3)30(35)22-34(41(5,37)38)27-17-10-11-18-29(27)40-4/h7-19,23,28H,6,20-22H2,1-5H3,(H,32,36)/t23-,28+/m1/s1. The molecular weight excluding hydrogens is 542 g/mol. The van der Waals surface area contributed by atoms with Gasteiger partial charge in [0.2, 0.25) is 21.8 Å². The zero-order valence-electron chi connectivity index (χ0n) is 24.2. The summed E-state index contributed by atoms with van der Waals surface area (Å²) in [5.41, 5.74) is 1.83. The summed E-state index contributed by atoms with van der Waals surface area (Å²) in [6.07, 6.45) is 1.99. The van der Waals surface area contributed by atoms with Crippen molar-refractivity contribution >= 4 is 27.5 Å². The molecule has 220 valence electrons. The Kier molecular flexibility index (Phi) is 11.2. The van der Waals surface area contributed by atoms with Gasteiger partial charge in [0.05, 0.1) is 26.2 Å². The molecule has 2 amide bonds. The molecule has 0 bridgehead atoms. The van der Waals surface area contributed by atoms with Crippen molar-refractivity contribution in [2.75, 3.05) is 31.3 Å². The molecule has 0 aliphatic heterocycles. The molecule has 3 aromatic carbocycles. The van der Waals surface area contributed by atoms with Crippen molar-refractivity contribution in [2.24, 2.45) is 0 Å². The van der Waals surface area contributed by atoms with Gasteiger partial charge in [-0.15, -0.1) is 0 Å². The van der Waals surface area contributed by atoms with Gasteiger partial charge in [0, 0.05) is 19.0 Å². The maximum atomic E-state index is 14.2. The van der Waals surface area contributed by atoms with Crippen LogP contribution in [0.3, 0.4) is 0 Å². The van der Waals surface area contributed by atoms with Crippen LogP contribution in [0.25, 0.3) is 0 Å². The predicted molar refractivity (Wildman–Crippen MR) is 161 cm³/mol. The average molecular weight is 582 g/mol. The van der Waals surface area contributed by atoms with Gasteiger partial charge in [0.1, 0.15) is 24.1 Å². The summed E-state index contributed by atoms with van der Waals surface area (Å²) >= 11 is 0. The molecule has 9 nitrogen and oxygen atoms in total. The van der Waals surface area contributed by atoms with Crippen LogP contribution >= 0.6 is 0 Å². The quantitative estimate of drug-likeness (QED) is 0.308. The van der Waals surface area contributed by atoms with Crippen LogP contribution in [0.1, 0.15) is 31.4 Å². The maximum Gasteiger partial charge on any atom is 0.244 e. The topological polar surface area (TPSA) is 105 Å². The number of nitrogens with one attached hydrogen (secondary N) is 1. The van der Waals surface area contributed by atoms with Crippen molar-refractivity contribution in [1.82, 2.24) is 10.2 Å². The van der Waals surface area contributed by atoms with E-state index in [4.69, 9.17) is 9.47 Å². The second kappa shape index (κ2) is 14.5. The minimum atomic E-state index is -3.91. The lowest BCUT2D eigenvalue weighted by Gasteiger charge is -2.34. The van der Waals surface area contributed by atoms with E-state index in [1.54, 1.807) is 49.6 Å². The zero-order valence-corrected chi connectivity index (χ0v) is 25.1. The summed E-state index contributed by atoms with van der Waals surface area (Å²) in [7, 11) is -0.917. The normalized spacial score (nSPS) is 12.6. The van der Waals surface area contributed by atoms with Gasteiger partial charge in [0.15, 0.2) is 0 Å². The summed E-state index contributed by atoms with van der Waals surface area (Å²) < 4.78 is 37.8. The Morgan fingerprint density at radius 3 is 2.20 bits per heavy atom. The van der Waals surface area contributed by atoms with E-state index in [0.717, 1.165) is 21.7 Å². The van der Waals surface area contributed by atoms with Crippen molar-refractivity contribution in [2.45, 2.75) is 45.3 Å². The highest BCUT2D eigenvalue weighted by molar-refractivity contribution is 7.92. The lowest BCUT2D eigenvalue weighted by molar-refractivity contribution is -0.140. The third-order valence-corrected chi connectivity index (χ3v) is 7.92. The van der Waals surface area contributed by atoms with E-state index >= 15 is 0 Å². The Labute approximate surface area is 243 Å². The van der Waals surface area contributed by atoms with Crippen LogP contribution in [-0.2, 0) is 32.6 Å². The number of para-hydroxylation sites is 2. The van der Waals surface area contributed by atoms with Crippen molar-refractivity contribution in [1.29, 1.82) is 0 Å². The molecule has 10 heteroatoms. The van der Waals surface area contributed by atoms with E-state index in [1.807, 2.05) is 50.2 Å². The molecule has 0 heterocycles. The monoisotopic (exact) mass is 581 g/mol. The van der Waals surface area contributed by atoms with Crippen LogP contribution < -0.4 is 19.1 Å². The molecule has 1 N–H and O–H groups in total. The molecule has 41 heavy (non-hydrogen) atoms. The fourth-order valence-corrected chi connectivity index (χ4v) is 5.25. The Morgan fingerprint density at radius 1 is 0.902 bits per heavy atom. The number of hydrogen-bond donors (Lipinski definition) is 1. The minimum Gasteiger partial charge on any atom is -0.497 e. The largest absolute Gasteiger partial charge is 0.497 e. The lowest BCUT2D eigenvalue weighted by Crippen LogP contribution is -2.54. The molecule has 0 saturated carbocycles. The predicted octanol–water partition coefficient (Wildman–Crippen LogP) is 4.02. The number of carbonyl (C=O) groups is 2. The molecule has 0 saturated heterocycles. The van der Waals surface area contributed by atoms with Crippen LogP contribution in [0.15, 0.2) is 78.9 Å². The zero-order chi connectivity index (χ0) is 30.0. The number of rotatable bonds is 14. The van der Waals surface area contributed by atoms with Crippen LogP contribution in [0.2, 0.25) is 0 Å². The summed E-state index contributed by atoms with van der Waals surface area (Å²) in [6, 6.07) is 22.2. The molecule has 0 spiro atoms. The molecule has 3 aromatic rings. The Bertz CT molecular complexity index is 1410. The molecule has 0 fully saturated rings. The number of hydrogen-bond acceptors (Lipinski definition) is 6. The number of methoxy groups -OCH3 is 2. The molecular formula is C31H39N3O6S. The first kappa shape index (κ1) is 31.5. The maximum absolute atomic E-state index is 14.2. The number of carbonyl (C=O) groups excluding carboxylic acids is 2. The number of benzene rings is 3. The third kappa shape index (κ3) is 8.72. The van der Waals surface area contributed by atoms with Crippen molar-refractivity contribution < 1.29 is 27.5 Å². The number of ether oxygens (including phenoxy) is 2. The first-order chi connectivity index (χ1) is 19.6. The first-order valence-corrected chi connectivity index (χ1v) is 15.3. The van der Waals surface area contributed by atoms with E-state index in [2.05, 4.69) is 5.32 Å². The molecule has 0 aliphatic carbocycles. The third-order valence-electron chi connectivity index (χ3n) is 6.79. The molecule has 0 aromatic heterocycles. The van der Waals surface area contributed by atoms with Crippen LogP contribution in [0.4, 0.5) is 5.69 Å². The van der Waals surface area contributed by atoms with Crippen molar-refractivity contribution in [3.05, 3.63) is 90.0 Å². The summed E-state index contributed by atoms with van der Waals surface area (Å²) in [5, 5.41) is 3.02. The van der Waals surface area contributed by atoms with Gasteiger partial charge in [-0.05, 0) is 48.7 Å². The SMILES string of the molecule is CC[C@@H](C)NC(=O)[C@H](Cc1ccccc1)N(Cc1cccc(OC)c1)C(=O)CN(c1ccccc1OC)S(C)(=O)=O. The second-order valence-corrected chi connectivity index (χ2v) is 11.7. The second-order valence-electron chi connectivity index (χ2n) is 9.84. The van der Waals surface area contributed by atoms with Crippen LogP contribution in [-0.4, -0.2) is 64.2 Å². The molecule has 3 rings (SSSR count). The van der Waals surface area contributed by atoms with Gasteiger partial charge in [-0.1, -0.05) is 61.5 Å². The summed E-state index contributed by atoms with van der Waals surface area (Å²) in [4.78, 5) is 29.4. The highest BCUT2D eigenvalue weighted by atomic mass is 32.2. The van der Waals surface area contributed by atoms with E-state index in [-0.39, 0.29) is 30.6 Å². The molecule has 0 aliphatic rings. The highest BCUT2D eigenvalue weighted by Crippen LogP contribution is 2.30. The molecule has 0 radical (unpaired) electrons. The van der Waals surface area contributed by atoms with Gasteiger partial charge < -0.3 is 19.7 Å².